The fraction of sp³-hybridized carbons (Fsp3) is 0.300. The molecule has 0 saturated heterocycles. The number of carbonyl (C=O) groups is 2. The molecule has 2 aromatic rings. The number of nitrogens with one attached hydrogen (secondary N) is 2. The molecule has 3 rings (SSSR count). The van der Waals surface area contributed by atoms with E-state index in [9.17, 15) is 9.59 Å². The predicted molar refractivity (Wildman–Crippen MR) is 99.5 cm³/mol. The molecule has 0 heterocycles. The minimum Gasteiger partial charge on any atom is -0.490 e. The largest absolute Gasteiger partial charge is 0.490 e. The Kier molecular flexibility index (Phi) is 5.73. The molecular weight excluding hydrogens is 332 g/mol. The van der Waals surface area contributed by atoms with Crippen LogP contribution >= 0.6 is 0 Å². The van der Waals surface area contributed by atoms with Gasteiger partial charge in [0.05, 0.1) is 6.61 Å². The Morgan fingerprint density at radius 1 is 0.923 bits per heavy atom. The highest BCUT2D eigenvalue weighted by molar-refractivity contribution is 5.95. The SMILES string of the molecule is CCOc1ccccc1OCC(=O)Nc1ccc(NC(=O)C2CC2)cc1. The molecular formula is C20H22N2O4. The van der Waals surface area contributed by atoms with Crippen LogP contribution in [0.25, 0.3) is 0 Å². The summed E-state index contributed by atoms with van der Waals surface area (Å²) in [4.78, 5) is 23.8. The van der Waals surface area contributed by atoms with Crippen molar-refractivity contribution in [1.29, 1.82) is 0 Å². The zero-order chi connectivity index (χ0) is 18.4. The van der Waals surface area contributed by atoms with Crippen LogP contribution in [0.4, 0.5) is 11.4 Å². The Bertz CT molecular complexity index is 770. The first-order valence-corrected chi connectivity index (χ1v) is 8.71. The molecule has 2 N–H and O–H groups in total. The van der Waals surface area contributed by atoms with Crippen LogP contribution < -0.4 is 20.1 Å². The molecule has 1 saturated carbocycles. The molecule has 2 amide bonds. The highest BCUT2D eigenvalue weighted by atomic mass is 16.5. The van der Waals surface area contributed by atoms with E-state index in [1.54, 1.807) is 36.4 Å². The standard InChI is InChI=1S/C20H22N2O4/c1-2-25-17-5-3-4-6-18(17)26-13-19(23)21-15-9-11-16(12-10-15)22-20(24)14-7-8-14/h3-6,9-12,14H,2,7-8,13H2,1H3,(H,21,23)(H,22,24). The molecule has 0 aliphatic heterocycles. The van der Waals surface area contributed by atoms with Gasteiger partial charge >= 0.3 is 0 Å². The maximum absolute atomic E-state index is 12.1. The van der Waals surface area contributed by atoms with Gasteiger partial charge in [-0.1, -0.05) is 12.1 Å². The van der Waals surface area contributed by atoms with Crippen molar-refractivity contribution in [3.8, 4) is 11.5 Å². The van der Waals surface area contributed by atoms with E-state index in [4.69, 9.17) is 9.47 Å². The summed E-state index contributed by atoms with van der Waals surface area (Å²) in [5, 5.41) is 5.62. The van der Waals surface area contributed by atoms with E-state index in [2.05, 4.69) is 10.6 Å². The molecule has 136 valence electrons. The monoisotopic (exact) mass is 354 g/mol. The molecule has 0 radical (unpaired) electrons. The lowest BCUT2D eigenvalue weighted by Gasteiger charge is -2.12. The van der Waals surface area contributed by atoms with Crippen LogP contribution in [0.3, 0.4) is 0 Å². The second-order valence-electron chi connectivity index (χ2n) is 6.06. The van der Waals surface area contributed by atoms with E-state index in [0.29, 0.717) is 23.8 Å². The average Bonchev–Trinajstić information content (AvgIpc) is 3.48. The van der Waals surface area contributed by atoms with E-state index in [1.165, 1.54) is 0 Å². The highest BCUT2D eigenvalue weighted by Gasteiger charge is 2.29. The summed E-state index contributed by atoms with van der Waals surface area (Å²) in [5.74, 6) is 1.08. The summed E-state index contributed by atoms with van der Waals surface area (Å²) in [6, 6.07) is 14.2. The van der Waals surface area contributed by atoms with Gasteiger partial charge in [0.15, 0.2) is 18.1 Å². The maximum Gasteiger partial charge on any atom is 0.262 e. The number of anilines is 2. The molecule has 0 spiro atoms. The third kappa shape index (κ3) is 4.99. The summed E-state index contributed by atoms with van der Waals surface area (Å²) in [6.07, 6.45) is 1.93. The number of benzene rings is 2. The molecule has 1 aliphatic carbocycles. The molecule has 6 heteroatoms. The van der Waals surface area contributed by atoms with Gasteiger partial charge in [0, 0.05) is 17.3 Å². The first-order chi connectivity index (χ1) is 12.7. The minimum absolute atomic E-state index is 0.0585. The first kappa shape index (κ1) is 17.8. The zero-order valence-electron chi connectivity index (χ0n) is 14.7. The Morgan fingerprint density at radius 3 is 2.08 bits per heavy atom. The number of carbonyl (C=O) groups excluding carboxylic acids is 2. The van der Waals surface area contributed by atoms with Gasteiger partial charge in [0.25, 0.3) is 5.91 Å². The van der Waals surface area contributed by atoms with Crippen molar-refractivity contribution >= 4 is 23.2 Å². The molecule has 6 nitrogen and oxygen atoms in total. The smallest absolute Gasteiger partial charge is 0.262 e. The van der Waals surface area contributed by atoms with Crippen LogP contribution in [0.5, 0.6) is 11.5 Å². The molecule has 1 fully saturated rings. The average molecular weight is 354 g/mol. The summed E-state index contributed by atoms with van der Waals surface area (Å²) in [7, 11) is 0. The van der Waals surface area contributed by atoms with Crippen molar-refractivity contribution in [3.05, 3.63) is 48.5 Å². The number of rotatable bonds is 8. The first-order valence-electron chi connectivity index (χ1n) is 8.71. The maximum atomic E-state index is 12.1. The van der Waals surface area contributed by atoms with Crippen LogP contribution in [0, 0.1) is 5.92 Å². The summed E-state index contributed by atoms with van der Waals surface area (Å²) in [5.41, 5.74) is 1.36. The number of hydrogen-bond acceptors (Lipinski definition) is 4. The van der Waals surface area contributed by atoms with E-state index >= 15 is 0 Å². The Labute approximate surface area is 152 Å². The third-order valence-corrected chi connectivity index (χ3v) is 3.89. The van der Waals surface area contributed by atoms with Gasteiger partial charge in [-0.3, -0.25) is 9.59 Å². The second-order valence-corrected chi connectivity index (χ2v) is 6.06. The Hall–Kier alpha value is -3.02. The summed E-state index contributed by atoms with van der Waals surface area (Å²) in [6.45, 7) is 2.29. The predicted octanol–water partition coefficient (Wildman–Crippen LogP) is 3.45. The van der Waals surface area contributed by atoms with Crippen molar-refractivity contribution in [2.45, 2.75) is 19.8 Å². The van der Waals surface area contributed by atoms with Crippen molar-refractivity contribution in [2.75, 3.05) is 23.8 Å². The van der Waals surface area contributed by atoms with Crippen molar-refractivity contribution < 1.29 is 19.1 Å². The van der Waals surface area contributed by atoms with Gasteiger partial charge < -0.3 is 20.1 Å². The van der Waals surface area contributed by atoms with Crippen molar-refractivity contribution in [3.63, 3.8) is 0 Å². The Morgan fingerprint density at radius 2 is 1.50 bits per heavy atom. The molecule has 26 heavy (non-hydrogen) atoms. The third-order valence-electron chi connectivity index (χ3n) is 3.89. The molecule has 2 aromatic carbocycles. The van der Waals surface area contributed by atoms with Crippen LogP contribution in [-0.4, -0.2) is 25.0 Å². The molecule has 0 aromatic heterocycles. The molecule has 0 atom stereocenters. The second kappa shape index (κ2) is 8.38. The topological polar surface area (TPSA) is 76.7 Å². The van der Waals surface area contributed by atoms with E-state index in [1.807, 2.05) is 19.1 Å². The number of ether oxygens (including phenoxy) is 2. The Balaban J connectivity index is 1.49. The van der Waals surface area contributed by atoms with Gasteiger partial charge in [-0.2, -0.15) is 0 Å². The quantitative estimate of drug-likeness (QED) is 0.761. The van der Waals surface area contributed by atoms with Crippen LogP contribution in [-0.2, 0) is 9.59 Å². The van der Waals surface area contributed by atoms with Gasteiger partial charge in [-0.15, -0.1) is 0 Å². The molecule has 0 bridgehead atoms. The number of para-hydroxylation sites is 2. The summed E-state index contributed by atoms with van der Waals surface area (Å²) < 4.78 is 11.0. The van der Waals surface area contributed by atoms with Crippen LogP contribution in [0.15, 0.2) is 48.5 Å². The van der Waals surface area contributed by atoms with Gasteiger partial charge in [-0.05, 0) is 56.2 Å². The van der Waals surface area contributed by atoms with Crippen LogP contribution in [0.1, 0.15) is 19.8 Å². The van der Waals surface area contributed by atoms with Gasteiger partial charge in [-0.25, -0.2) is 0 Å². The highest BCUT2D eigenvalue weighted by Crippen LogP contribution is 2.30. The minimum atomic E-state index is -0.272. The van der Waals surface area contributed by atoms with E-state index in [0.717, 1.165) is 18.5 Å². The fourth-order valence-corrected chi connectivity index (χ4v) is 2.41. The normalized spacial score (nSPS) is 13.0. The lowest BCUT2D eigenvalue weighted by Crippen LogP contribution is -2.20. The van der Waals surface area contributed by atoms with Crippen LogP contribution in [0.2, 0.25) is 0 Å². The van der Waals surface area contributed by atoms with E-state index in [-0.39, 0.29) is 24.3 Å². The van der Waals surface area contributed by atoms with Crippen molar-refractivity contribution in [2.24, 2.45) is 5.92 Å². The lowest BCUT2D eigenvalue weighted by atomic mass is 10.2. The lowest BCUT2D eigenvalue weighted by molar-refractivity contribution is -0.118. The van der Waals surface area contributed by atoms with Gasteiger partial charge in [0.1, 0.15) is 0 Å². The summed E-state index contributed by atoms with van der Waals surface area (Å²) >= 11 is 0. The fourth-order valence-electron chi connectivity index (χ4n) is 2.41. The van der Waals surface area contributed by atoms with Gasteiger partial charge in [0.2, 0.25) is 5.91 Å². The number of hydrogen-bond donors (Lipinski definition) is 2. The van der Waals surface area contributed by atoms with Crippen molar-refractivity contribution in [1.82, 2.24) is 0 Å². The number of amides is 2. The zero-order valence-corrected chi connectivity index (χ0v) is 14.7. The molecule has 1 aliphatic rings. The van der Waals surface area contributed by atoms with E-state index < -0.39 is 0 Å². The molecule has 0 unspecified atom stereocenters.